The maximum atomic E-state index is 10.3. The van der Waals surface area contributed by atoms with E-state index in [4.69, 9.17) is 10.5 Å². The van der Waals surface area contributed by atoms with Gasteiger partial charge >= 0.3 is 0 Å². The Labute approximate surface area is 93.8 Å². The minimum Gasteiger partial charge on any atom is -0.494 e. The van der Waals surface area contributed by atoms with Crippen LogP contribution in [-0.4, -0.2) is 18.1 Å². The van der Waals surface area contributed by atoms with Crippen molar-refractivity contribution in [2.24, 2.45) is 5.73 Å². The first-order valence-electron chi connectivity index (χ1n) is 4.31. The van der Waals surface area contributed by atoms with Gasteiger partial charge in [-0.05, 0) is 25.1 Å². The maximum absolute atomic E-state index is 10.3. The summed E-state index contributed by atoms with van der Waals surface area (Å²) in [5.74, 6) is 0.629. The fraction of sp³-hybridized carbons (Fsp3) is 0.333. The maximum Gasteiger partial charge on any atom is 0.269 e. The van der Waals surface area contributed by atoms with Crippen molar-refractivity contribution in [1.82, 2.24) is 0 Å². The second-order valence-corrected chi connectivity index (χ2v) is 2.74. The molecule has 0 fully saturated rings. The van der Waals surface area contributed by atoms with Gasteiger partial charge in [-0.3, -0.25) is 10.1 Å². The molecule has 0 aliphatic rings. The molecule has 6 heteroatoms. The quantitative estimate of drug-likeness (QED) is 0.477. The average molecular weight is 233 g/mol. The number of benzene rings is 1. The molecule has 5 nitrogen and oxygen atoms in total. The van der Waals surface area contributed by atoms with E-state index in [0.717, 1.165) is 6.42 Å². The van der Waals surface area contributed by atoms with E-state index in [1.807, 2.05) is 0 Å². The molecule has 0 spiro atoms. The number of rotatable bonds is 5. The lowest BCUT2D eigenvalue weighted by atomic mass is 10.3. The van der Waals surface area contributed by atoms with Crippen molar-refractivity contribution in [1.29, 1.82) is 0 Å². The van der Waals surface area contributed by atoms with Gasteiger partial charge in [0.2, 0.25) is 0 Å². The second-order valence-electron chi connectivity index (χ2n) is 2.74. The summed E-state index contributed by atoms with van der Waals surface area (Å²) >= 11 is 0. The molecule has 84 valence electrons. The average Bonchev–Trinajstić information content (AvgIpc) is 2.19. The highest BCUT2D eigenvalue weighted by atomic mass is 35.5. The standard InChI is InChI=1S/C9H12N2O3.ClH/c10-6-1-7-14-9-4-2-8(3-5-9)11(12)13;/h2-5H,1,6-7,10H2;1H. The lowest BCUT2D eigenvalue weighted by Gasteiger charge is -2.03. The van der Waals surface area contributed by atoms with E-state index in [-0.39, 0.29) is 18.1 Å². The molecule has 1 aromatic rings. The molecule has 0 heterocycles. The molecule has 0 aliphatic heterocycles. The number of non-ortho nitro benzene ring substituents is 1. The number of halogens is 1. The van der Waals surface area contributed by atoms with E-state index in [9.17, 15) is 10.1 Å². The lowest BCUT2D eigenvalue weighted by molar-refractivity contribution is -0.384. The van der Waals surface area contributed by atoms with Gasteiger partial charge in [0, 0.05) is 12.1 Å². The van der Waals surface area contributed by atoms with Crippen molar-refractivity contribution in [3.63, 3.8) is 0 Å². The van der Waals surface area contributed by atoms with E-state index < -0.39 is 4.92 Å². The SMILES string of the molecule is Cl.NCCCOc1ccc([N+](=O)[O-])cc1. The monoisotopic (exact) mass is 232 g/mol. The molecule has 15 heavy (non-hydrogen) atoms. The molecule has 1 aromatic carbocycles. The van der Waals surface area contributed by atoms with Crippen LogP contribution in [0.15, 0.2) is 24.3 Å². The predicted molar refractivity (Wildman–Crippen MR) is 59.5 cm³/mol. The van der Waals surface area contributed by atoms with Crippen molar-refractivity contribution >= 4 is 18.1 Å². The number of hydrogen-bond acceptors (Lipinski definition) is 4. The Morgan fingerprint density at radius 1 is 1.33 bits per heavy atom. The normalized spacial score (nSPS) is 9.13. The minimum absolute atomic E-state index is 0. The van der Waals surface area contributed by atoms with Gasteiger partial charge in [-0.15, -0.1) is 12.4 Å². The van der Waals surface area contributed by atoms with Crippen LogP contribution in [-0.2, 0) is 0 Å². The number of nitrogens with two attached hydrogens (primary N) is 1. The van der Waals surface area contributed by atoms with Gasteiger partial charge in [0.05, 0.1) is 11.5 Å². The van der Waals surface area contributed by atoms with Crippen LogP contribution >= 0.6 is 12.4 Å². The van der Waals surface area contributed by atoms with E-state index >= 15 is 0 Å². The van der Waals surface area contributed by atoms with Gasteiger partial charge in [-0.1, -0.05) is 0 Å². The van der Waals surface area contributed by atoms with Gasteiger partial charge in [-0.25, -0.2) is 0 Å². The van der Waals surface area contributed by atoms with E-state index in [0.29, 0.717) is 18.9 Å². The number of nitro groups is 1. The van der Waals surface area contributed by atoms with Crippen molar-refractivity contribution in [2.75, 3.05) is 13.2 Å². The van der Waals surface area contributed by atoms with Crippen LogP contribution in [0, 0.1) is 10.1 Å². The molecule has 0 unspecified atom stereocenters. The highest BCUT2D eigenvalue weighted by Crippen LogP contribution is 2.17. The third kappa shape index (κ3) is 4.62. The Bertz CT molecular complexity index is 303. The largest absolute Gasteiger partial charge is 0.494 e. The Morgan fingerprint density at radius 2 is 1.93 bits per heavy atom. The van der Waals surface area contributed by atoms with E-state index in [2.05, 4.69) is 0 Å². The highest BCUT2D eigenvalue weighted by Gasteiger charge is 2.03. The molecule has 0 atom stereocenters. The van der Waals surface area contributed by atoms with Gasteiger partial charge in [0.1, 0.15) is 5.75 Å². The zero-order chi connectivity index (χ0) is 10.4. The Hall–Kier alpha value is -1.33. The topological polar surface area (TPSA) is 78.4 Å². The van der Waals surface area contributed by atoms with Crippen LogP contribution in [0.4, 0.5) is 5.69 Å². The summed E-state index contributed by atoms with van der Waals surface area (Å²) in [6.07, 6.45) is 0.775. The zero-order valence-corrected chi connectivity index (χ0v) is 8.90. The molecule has 0 saturated carbocycles. The summed E-state index contributed by atoms with van der Waals surface area (Å²) < 4.78 is 5.28. The van der Waals surface area contributed by atoms with Crippen LogP contribution in [0.5, 0.6) is 5.75 Å². The first kappa shape index (κ1) is 13.7. The molecule has 2 N–H and O–H groups in total. The smallest absolute Gasteiger partial charge is 0.269 e. The molecular formula is C9H13ClN2O3. The summed E-state index contributed by atoms with van der Waals surface area (Å²) in [6, 6.07) is 5.98. The molecule has 1 rings (SSSR count). The Kier molecular flexibility index (Phi) is 6.40. The first-order chi connectivity index (χ1) is 6.74. The van der Waals surface area contributed by atoms with Crippen molar-refractivity contribution in [3.05, 3.63) is 34.4 Å². The Balaban J connectivity index is 0.00000196. The fourth-order valence-electron chi connectivity index (χ4n) is 0.937. The highest BCUT2D eigenvalue weighted by molar-refractivity contribution is 5.85. The third-order valence-corrected chi connectivity index (χ3v) is 1.66. The predicted octanol–water partition coefficient (Wildman–Crippen LogP) is 1.74. The third-order valence-electron chi connectivity index (χ3n) is 1.66. The summed E-state index contributed by atoms with van der Waals surface area (Å²) in [5.41, 5.74) is 5.35. The van der Waals surface area contributed by atoms with Gasteiger partial charge < -0.3 is 10.5 Å². The fourth-order valence-corrected chi connectivity index (χ4v) is 0.937. The molecule has 0 amide bonds. The second kappa shape index (κ2) is 7.03. The van der Waals surface area contributed by atoms with Crippen LogP contribution < -0.4 is 10.5 Å². The van der Waals surface area contributed by atoms with Gasteiger partial charge in [-0.2, -0.15) is 0 Å². The van der Waals surface area contributed by atoms with Crippen LogP contribution in [0.2, 0.25) is 0 Å². The molecule has 0 bridgehead atoms. The molecular weight excluding hydrogens is 220 g/mol. The van der Waals surface area contributed by atoms with Crippen molar-refractivity contribution in [2.45, 2.75) is 6.42 Å². The van der Waals surface area contributed by atoms with Crippen LogP contribution in [0.25, 0.3) is 0 Å². The van der Waals surface area contributed by atoms with Crippen molar-refractivity contribution in [3.8, 4) is 5.75 Å². The molecule has 0 radical (unpaired) electrons. The number of hydrogen-bond donors (Lipinski definition) is 1. The summed E-state index contributed by atoms with van der Waals surface area (Å²) in [4.78, 5) is 9.88. The number of nitro benzene ring substituents is 1. The van der Waals surface area contributed by atoms with E-state index in [1.54, 1.807) is 12.1 Å². The van der Waals surface area contributed by atoms with Crippen LogP contribution in [0.1, 0.15) is 6.42 Å². The Morgan fingerprint density at radius 3 is 2.40 bits per heavy atom. The molecule has 0 saturated heterocycles. The van der Waals surface area contributed by atoms with Crippen molar-refractivity contribution < 1.29 is 9.66 Å². The first-order valence-corrected chi connectivity index (χ1v) is 4.31. The molecule has 0 aromatic heterocycles. The minimum atomic E-state index is -0.441. The van der Waals surface area contributed by atoms with E-state index in [1.165, 1.54) is 12.1 Å². The summed E-state index contributed by atoms with van der Waals surface area (Å²) in [6.45, 7) is 1.11. The zero-order valence-electron chi connectivity index (χ0n) is 8.09. The molecule has 0 aliphatic carbocycles. The van der Waals surface area contributed by atoms with Crippen LogP contribution in [0.3, 0.4) is 0 Å². The number of nitrogens with zero attached hydrogens (tertiary/aromatic N) is 1. The van der Waals surface area contributed by atoms with Gasteiger partial charge in [0.25, 0.3) is 5.69 Å². The summed E-state index contributed by atoms with van der Waals surface area (Å²) in [7, 11) is 0. The number of ether oxygens (including phenoxy) is 1. The van der Waals surface area contributed by atoms with Gasteiger partial charge in [0.15, 0.2) is 0 Å². The lowest BCUT2D eigenvalue weighted by Crippen LogP contribution is -2.05. The summed E-state index contributed by atoms with van der Waals surface area (Å²) in [5, 5.41) is 10.3.